The molecular formula is C12H10ClN2O3-. The smallest absolute Gasteiger partial charge is 0.226 e. The first-order valence-corrected chi connectivity index (χ1v) is 5.55. The van der Waals surface area contributed by atoms with Gasteiger partial charge >= 0.3 is 0 Å². The van der Waals surface area contributed by atoms with E-state index in [1.54, 1.807) is 38.2 Å². The van der Waals surface area contributed by atoms with Gasteiger partial charge in [0, 0.05) is 12.1 Å². The summed E-state index contributed by atoms with van der Waals surface area (Å²) in [7, 11) is 1.60. The molecule has 0 fully saturated rings. The van der Waals surface area contributed by atoms with Crippen LogP contribution in [0, 0.1) is 6.92 Å². The Hall–Kier alpha value is -2.01. The van der Waals surface area contributed by atoms with Crippen molar-refractivity contribution in [1.29, 1.82) is 0 Å². The summed E-state index contributed by atoms with van der Waals surface area (Å²) in [6.45, 7) is 1.58. The van der Waals surface area contributed by atoms with Crippen LogP contribution in [0.2, 0.25) is 5.02 Å². The third-order valence-electron chi connectivity index (χ3n) is 2.40. The maximum atomic E-state index is 11.0. The zero-order valence-corrected chi connectivity index (χ0v) is 10.6. The van der Waals surface area contributed by atoms with Crippen molar-refractivity contribution < 1.29 is 14.6 Å². The van der Waals surface area contributed by atoms with Crippen molar-refractivity contribution in [2.24, 2.45) is 7.05 Å². The molecule has 1 aromatic carbocycles. The molecule has 0 aliphatic heterocycles. The van der Waals surface area contributed by atoms with Gasteiger partial charge in [0.2, 0.25) is 5.88 Å². The molecule has 0 amide bonds. The van der Waals surface area contributed by atoms with Gasteiger partial charge in [-0.05, 0) is 31.2 Å². The predicted molar refractivity (Wildman–Crippen MR) is 63.8 cm³/mol. The van der Waals surface area contributed by atoms with Crippen molar-refractivity contribution in [2.75, 3.05) is 0 Å². The number of rotatable bonds is 3. The summed E-state index contributed by atoms with van der Waals surface area (Å²) in [5.41, 5.74) is 0.300. The first-order chi connectivity index (χ1) is 8.49. The van der Waals surface area contributed by atoms with Crippen LogP contribution in [-0.2, 0) is 7.05 Å². The second-order valence-corrected chi connectivity index (χ2v) is 4.17. The minimum atomic E-state index is -1.32. The third kappa shape index (κ3) is 2.31. The summed E-state index contributed by atoms with van der Waals surface area (Å²) in [5.74, 6) is -0.704. The Balaban J connectivity index is 2.39. The minimum Gasteiger partial charge on any atom is -0.545 e. The van der Waals surface area contributed by atoms with Gasteiger partial charge in [0.1, 0.15) is 5.75 Å². The number of carbonyl (C=O) groups excluding carboxylic acids is 1. The molecule has 0 unspecified atom stereocenters. The van der Waals surface area contributed by atoms with Crippen molar-refractivity contribution in [1.82, 2.24) is 9.78 Å². The first kappa shape index (κ1) is 12.4. The van der Waals surface area contributed by atoms with E-state index in [0.717, 1.165) is 0 Å². The molecule has 1 aromatic heterocycles. The van der Waals surface area contributed by atoms with Crippen LogP contribution < -0.4 is 9.84 Å². The number of aromatic nitrogens is 2. The van der Waals surface area contributed by atoms with Gasteiger partial charge in [0.05, 0.1) is 17.2 Å². The summed E-state index contributed by atoms with van der Waals surface area (Å²) in [5, 5.41) is 15.6. The fraction of sp³-hybridized carbons (Fsp3) is 0.167. The highest BCUT2D eigenvalue weighted by molar-refractivity contribution is 6.30. The van der Waals surface area contributed by atoms with Gasteiger partial charge in [-0.25, -0.2) is 4.68 Å². The van der Waals surface area contributed by atoms with Crippen molar-refractivity contribution >= 4 is 17.6 Å². The number of carbonyl (C=O) groups is 1. The Bertz CT molecular complexity index is 590. The number of hydrogen-bond donors (Lipinski definition) is 0. The van der Waals surface area contributed by atoms with E-state index in [2.05, 4.69) is 5.10 Å². The van der Waals surface area contributed by atoms with E-state index in [4.69, 9.17) is 16.3 Å². The lowest BCUT2D eigenvalue weighted by atomic mass is 10.2. The number of ether oxygens (including phenoxy) is 1. The summed E-state index contributed by atoms with van der Waals surface area (Å²) in [6.07, 6.45) is 0. The van der Waals surface area contributed by atoms with Crippen LogP contribution in [-0.4, -0.2) is 15.7 Å². The molecule has 5 nitrogen and oxygen atoms in total. The van der Waals surface area contributed by atoms with Crippen molar-refractivity contribution in [3.63, 3.8) is 0 Å². The Kier molecular flexibility index (Phi) is 3.25. The van der Waals surface area contributed by atoms with E-state index < -0.39 is 5.97 Å². The molecule has 0 aliphatic carbocycles. The Morgan fingerprint density at radius 2 is 2.00 bits per heavy atom. The highest BCUT2D eigenvalue weighted by Gasteiger charge is 2.16. The third-order valence-corrected chi connectivity index (χ3v) is 2.65. The predicted octanol–water partition coefficient (Wildman–Crippen LogP) is 1.54. The summed E-state index contributed by atoms with van der Waals surface area (Å²) >= 11 is 5.75. The maximum absolute atomic E-state index is 11.0. The second kappa shape index (κ2) is 4.70. The normalized spacial score (nSPS) is 10.4. The lowest BCUT2D eigenvalue weighted by molar-refractivity contribution is -0.255. The van der Waals surface area contributed by atoms with Gasteiger partial charge in [-0.2, -0.15) is 5.10 Å². The topological polar surface area (TPSA) is 67.2 Å². The van der Waals surface area contributed by atoms with Crippen molar-refractivity contribution in [3.05, 3.63) is 40.5 Å². The minimum absolute atomic E-state index is 0.0487. The molecular weight excluding hydrogens is 256 g/mol. The van der Waals surface area contributed by atoms with E-state index >= 15 is 0 Å². The number of halogens is 1. The number of benzene rings is 1. The monoisotopic (exact) mass is 265 g/mol. The number of nitrogens with zero attached hydrogens (tertiary/aromatic N) is 2. The quantitative estimate of drug-likeness (QED) is 0.844. The first-order valence-electron chi connectivity index (χ1n) is 5.17. The van der Waals surface area contributed by atoms with Gasteiger partial charge in [-0.3, -0.25) is 0 Å². The number of aromatic carboxylic acids is 1. The lowest BCUT2D eigenvalue weighted by Gasteiger charge is -2.09. The summed E-state index contributed by atoms with van der Waals surface area (Å²) < 4.78 is 6.85. The summed E-state index contributed by atoms with van der Waals surface area (Å²) in [6, 6.07) is 6.59. The molecule has 6 heteroatoms. The number of carboxylic acids is 1. The maximum Gasteiger partial charge on any atom is 0.226 e. The number of hydrogen-bond acceptors (Lipinski definition) is 4. The molecule has 0 saturated heterocycles. The fourth-order valence-corrected chi connectivity index (χ4v) is 1.73. The molecule has 0 aliphatic rings. The van der Waals surface area contributed by atoms with Gasteiger partial charge in [0.25, 0.3) is 0 Å². The molecule has 2 rings (SSSR count). The molecule has 0 radical (unpaired) electrons. The van der Waals surface area contributed by atoms with Gasteiger partial charge in [-0.1, -0.05) is 11.6 Å². The molecule has 0 atom stereocenters. The Labute approximate surface area is 109 Å². The van der Waals surface area contributed by atoms with Crippen LogP contribution in [0.5, 0.6) is 11.6 Å². The fourth-order valence-electron chi connectivity index (χ4n) is 1.60. The van der Waals surface area contributed by atoms with Crippen molar-refractivity contribution in [2.45, 2.75) is 6.92 Å². The molecule has 94 valence electrons. The number of carboxylic acid groups (broad SMARTS) is 1. The van der Waals surface area contributed by atoms with Crippen LogP contribution in [0.3, 0.4) is 0 Å². The molecule has 18 heavy (non-hydrogen) atoms. The van der Waals surface area contributed by atoms with Crippen LogP contribution in [0.1, 0.15) is 16.1 Å². The van der Waals surface area contributed by atoms with E-state index in [1.165, 1.54) is 4.68 Å². The Morgan fingerprint density at radius 1 is 1.39 bits per heavy atom. The molecule has 0 spiro atoms. The highest BCUT2D eigenvalue weighted by atomic mass is 35.5. The van der Waals surface area contributed by atoms with E-state index in [-0.39, 0.29) is 11.4 Å². The largest absolute Gasteiger partial charge is 0.545 e. The SMILES string of the molecule is Cc1nn(C)c(Oc2ccc(Cl)cc2)c1C(=O)[O-]. The summed E-state index contributed by atoms with van der Waals surface area (Å²) in [4.78, 5) is 11.0. The van der Waals surface area contributed by atoms with E-state index in [9.17, 15) is 9.90 Å². The molecule has 0 bridgehead atoms. The number of aryl methyl sites for hydroxylation is 2. The zero-order valence-electron chi connectivity index (χ0n) is 9.81. The molecule has 1 heterocycles. The van der Waals surface area contributed by atoms with Gasteiger partial charge in [-0.15, -0.1) is 0 Å². The average molecular weight is 266 g/mol. The Morgan fingerprint density at radius 3 is 2.56 bits per heavy atom. The van der Waals surface area contributed by atoms with Gasteiger partial charge < -0.3 is 14.6 Å². The second-order valence-electron chi connectivity index (χ2n) is 3.73. The molecule has 0 N–H and O–H groups in total. The van der Waals surface area contributed by atoms with Crippen LogP contribution in [0.15, 0.2) is 24.3 Å². The van der Waals surface area contributed by atoms with Gasteiger partial charge in [0.15, 0.2) is 0 Å². The standard InChI is InChI=1S/C12H11ClN2O3/c1-7-10(12(16)17)11(15(2)14-7)18-9-5-3-8(13)4-6-9/h3-6H,1-2H3,(H,16,17)/p-1. The van der Waals surface area contributed by atoms with Crippen molar-refractivity contribution in [3.8, 4) is 11.6 Å². The van der Waals surface area contributed by atoms with E-state index in [0.29, 0.717) is 16.5 Å². The average Bonchev–Trinajstić information content (AvgIpc) is 2.57. The van der Waals surface area contributed by atoms with Crippen LogP contribution in [0.25, 0.3) is 0 Å². The van der Waals surface area contributed by atoms with Crippen LogP contribution in [0.4, 0.5) is 0 Å². The molecule has 0 saturated carbocycles. The lowest BCUT2D eigenvalue weighted by Crippen LogP contribution is -2.23. The highest BCUT2D eigenvalue weighted by Crippen LogP contribution is 2.27. The van der Waals surface area contributed by atoms with E-state index in [1.807, 2.05) is 0 Å². The molecule has 2 aromatic rings. The zero-order chi connectivity index (χ0) is 13.3. The van der Waals surface area contributed by atoms with Crippen LogP contribution >= 0.6 is 11.6 Å².